The minimum absolute atomic E-state index is 0.135. The summed E-state index contributed by atoms with van der Waals surface area (Å²) in [4.78, 5) is 14.9. The van der Waals surface area contributed by atoms with Gasteiger partial charge in [0, 0.05) is 28.5 Å². The highest BCUT2D eigenvalue weighted by Gasteiger charge is 2.47. The Kier molecular flexibility index (Phi) is 3.53. The monoisotopic (exact) mass is 355 g/mol. The zero-order chi connectivity index (χ0) is 15.1. The van der Waals surface area contributed by atoms with E-state index in [9.17, 15) is 4.79 Å². The van der Waals surface area contributed by atoms with E-state index in [4.69, 9.17) is 0 Å². The molecule has 22 heavy (non-hydrogen) atoms. The van der Waals surface area contributed by atoms with Crippen LogP contribution in [0, 0.1) is 5.92 Å². The smallest absolute Gasteiger partial charge is 0.140 e. The SMILES string of the molecule is O=C1C[C@H]2CC[C@@H]1[C@@H](c1ccccc1)N2c1ccc(Br)cc1. The first-order chi connectivity index (χ1) is 10.7. The molecule has 2 heterocycles. The minimum Gasteiger partial charge on any atom is -0.360 e. The van der Waals surface area contributed by atoms with Crippen LogP contribution >= 0.6 is 15.9 Å². The highest BCUT2D eigenvalue weighted by Crippen LogP contribution is 2.47. The number of carbonyl (C=O) groups is 1. The molecule has 2 saturated heterocycles. The van der Waals surface area contributed by atoms with Crippen molar-refractivity contribution >= 4 is 27.4 Å². The van der Waals surface area contributed by atoms with Crippen LogP contribution in [0.3, 0.4) is 0 Å². The Labute approximate surface area is 139 Å². The molecule has 3 aliphatic rings. The summed E-state index contributed by atoms with van der Waals surface area (Å²) >= 11 is 3.51. The number of anilines is 1. The minimum atomic E-state index is 0.135. The van der Waals surface area contributed by atoms with E-state index in [1.807, 2.05) is 6.07 Å². The number of nitrogens with zero attached hydrogens (tertiary/aromatic N) is 1. The third kappa shape index (κ3) is 2.28. The molecule has 0 aromatic heterocycles. The Balaban J connectivity index is 1.80. The molecular formula is C19H18BrNO. The lowest BCUT2D eigenvalue weighted by atomic mass is 9.71. The van der Waals surface area contributed by atoms with Crippen molar-refractivity contribution in [1.29, 1.82) is 0 Å². The molecular weight excluding hydrogens is 338 g/mol. The normalized spacial score (nSPS) is 27.2. The largest absolute Gasteiger partial charge is 0.360 e. The van der Waals surface area contributed by atoms with Crippen LogP contribution in [-0.4, -0.2) is 11.8 Å². The van der Waals surface area contributed by atoms with E-state index < -0.39 is 0 Å². The zero-order valence-corrected chi connectivity index (χ0v) is 13.9. The van der Waals surface area contributed by atoms with Gasteiger partial charge in [0.2, 0.25) is 0 Å². The van der Waals surface area contributed by atoms with Crippen molar-refractivity contribution in [2.75, 3.05) is 4.90 Å². The van der Waals surface area contributed by atoms with E-state index in [-0.39, 0.29) is 12.0 Å². The van der Waals surface area contributed by atoms with Crippen molar-refractivity contribution in [1.82, 2.24) is 0 Å². The molecule has 0 spiro atoms. The summed E-state index contributed by atoms with van der Waals surface area (Å²) in [5.41, 5.74) is 2.48. The second kappa shape index (κ2) is 5.54. The fourth-order valence-corrected chi connectivity index (χ4v) is 4.30. The number of Topliss-reactive ketones (excluding diaryl/α,β-unsaturated/α-hetero) is 1. The van der Waals surface area contributed by atoms with Gasteiger partial charge in [-0.3, -0.25) is 4.79 Å². The highest BCUT2D eigenvalue weighted by atomic mass is 79.9. The van der Waals surface area contributed by atoms with Gasteiger partial charge in [-0.2, -0.15) is 0 Å². The topological polar surface area (TPSA) is 20.3 Å². The molecule has 2 aromatic carbocycles. The van der Waals surface area contributed by atoms with Crippen LogP contribution in [0.5, 0.6) is 0 Å². The van der Waals surface area contributed by atoms with Gasteiger partial charge in [0.25, 0.3) is 0 Å². The van der Waals surface area contributed by atoms with Crippen molar-refractivity contribution in [2.45, 2.75) is 31.3 Å². The van der Waals surface area contributed by atoms with Crippen molar-refractivity contribution in [3.8, 4) is 0 Å². The Bertz CT molecular complexity index is 682. The molecule has 3 atom stereocenters. The number of hydrogen-bond donors (Lipinski definition) is 0. The molecule has 0 radical (unpaired) electrons. The average molecular weight is 356 g/mol. The molecule has 5 rings (SSSR count). The molecule has 2 bridgehead atoms. The van der Waals surface area contributed by atoms with E-state index in [1.54, 1.807) is 0 Å². The van der Waals surface area contributed by atoms with Gasteiger partial charge >= 0.3 is 0 Å². The quantitative estimate of drug-likeness (QED) is 0.774. The molecule has 1 aliphatic carbocycles. The number of benzene rings is 2. The van der Waals surface area contributed by atoms with E-state index in [2.05, 4.69) is 69.4 Å². The summed E-state index contributed by atoms with van der Waals surface area (Å²) in [6.45, 7) is 0. The lowest BCUT2D eigenvalue weighted by molar-refractivity contribution is -0.128. The van der Waals surface area contributed by atoms with Crippen molar-refractivity contribution in [3.05, 3.63) is 64.6 Å². The number of rotatable bonds is 2. The number of fused-ring (bicyclic) bond motifs is 3. The van der Waals surface area contributed by atoms with Gasteiger partial charge in [0.05, 0.1) is 6.04 Å². The molecule has 112 valence electrons. The van der Waals surface area contributed by atoms with E-state index in [1.165, 1.54) is 11.3 Å². The summed E-state index contributed by atoms with van der Waals surface area (Å²) in [5.74, 6) is 0.578. The van der Waals surface area contributed by atoms with Gasteiger partial charge in [-0.05, 0) is 42.7 Å². The number of carbonyl (C=O) groups excluding carboxylic acids is 1. The number of piperidine rings is 2. The predicted octanol–water partition coefficient (Wildman–Crippen LogP) is 4.75. The lowest BCUT2D eigenvalue weighted by Crippen LogP contribution is -2.54. The standard InChI is InChI=1S/C19H18BrNO/c20-14-6-8-15(9-7-14)21-16-10-11-17(18(22)12-16)19(21)13-4-2-1-3-5-13/h1-9,16-17,19H,10-12H2/t16-,17+,19-/m1/s1. The van der Waals surface area contributed by atoms with Crippen LogP contribution in [-0.2, 0) is 4.79 Å². The maximum atomic E-state index is 12.4. The summed E-state index contributed by atoms with van der Waals surface area (Å²) in [6.07, 6.45) is 2.84. The zero-order valence-electron chi connectivity index (χ0n) is 12.3. The fraction of sp³-hybridized carbons (Fsp3) is 0.316. The van der Waals surface area contributed by atoms with Gasteiger partial charge in [-0.25, -0.2) is 0 Å². The van der Waals surface area contributed by atoms with Crippen LogP contribution < -0.4 is 4.90 Å². The lowest BCUT2D eigenvalue weighted by Gasteiger charge is -2.52. The van der Waals surface area contributed by atoms with Gasteiger partial charge in [-0.1, -0.05) is 46.3 Å². The molecule has 2 aliphatic heterocycles. The molecule has 0 unspecified atom stereocenters. The van der Waals surface area contributed by atoms with E-state index in [0.29, 0.717) is 18.2 Å². The van der Waals surface area contributed by atoms with Gasteiger partial charge in [-0.15, -0.1) is 0 Å². The van der Waals surface area contributed by atoms with Crippen LogP contribution in [0.2, 0.25) is 0 Å². The first-order valence-corrected chi connectivity index (χ1v) is 8.65. The van der Waals surface area contributed by atoms with Crippen LogP contribution in [0.1, 0.15) is 30.9 Å². The predicted molar refractivity (Wildman–Crippen MR) is 91.9 cm³/mol. The van der Waals surface area contributed by atoms with Crippen molar-refractivity contribution in [3.63, 3.8) is 0 Å². The maximum absolute atomic E-state index is 12.4. The van der Waals surface area contributed by atoms with Gasteiger partial charge in [0.15, 0.2) is 0 Å². The van der Waals surface area contributed by atoms with Gasteiger partial charge < -0.3 is 4.90 Å². The van der Waals surface area contributed by atoms with Crippen LogP contribution in [0.15, 0.2) is 59.1 Å². The Morgan fingerprint density at radius 1 is 0.955 bits per heavy atom. The molecule has 3 fully saturated rings. The first kappa shape index (κ1) is 14.0. The summed E-state index contributed by atoms with van der Waals surface area (Å²) < 4.78 is 1.09. The molecule has 2 nitrogen and oxygen atoms in total. The van der Waals surface area contributed by atoms with Crippen molar-refractivity contribution < 1.29 is 4.79 Å². The molecule has 0 amide bonds. The molecule has 1 saturated carbocycles. The highest BCUT2D eigenvalue weighted by molar-refractivity contribution is 9.10. The third-order valence-electron chi connectivity index (χ3n) is 5.00. The molecule has 0 N–H and O–H groups in total. The average Bonchev–Trinajstić information content (AvgIpc) is 2.56. The number of hydrogen-bond acceptors (Lipinski definition) is 2. The number of ketones is 1. The molecule has 3 heteroatoms. The second-order valence-corrected chi connectivity index (χ2v) is 7.16. The third-order valence-corrected chi connectivity index (χ3v) is 5.53. The Morgan fingerprint density at radius 3 is 2.36 bits per heavy atom. The first-order valence-electron chi connectivity index (χ1n) is 7.85. The van der Waals surface area contributed by atoms with E-state index in [0.717, 1.165) is 17.3 Å². The van der Waals surface area contributed by atoms with E-state index >= 15 is 0 Å². The van der Waals surface area contributed by atoms with Crippen LogP contribution in [0.25, 0.3) is 0 Å². The summed E-state index contributed by atoms with van der Waals surface area (Å²) in [6, 6.07) is 19.5. The summed E-state index contributed by atoms with van der Waals surface area (Å²) in [5, 5.41) is 0. The summed E-state index contributed by atoms with van der Waals surface area (Å²) in [7, 11) is 0. The van der Waals surface area contributed by atoms with Gasteiger partial charge in [0.1, 0.15) is 5.78 Å². The second-order valence-electron chi connectivity index (χ2n) is 6.25. The Hall–Kier alpha value is -1.61. The number of halogens is 1. The van der Waals surface area contributed by atoms with Crippen LogP contribution in [0.4, 0.5) is 5.69 Å². The van der Waals surface area contributed by atoms with Crippen molar-refractivity contribution in [2.24, 2.45) is 5.92 Å². The Morgan fingerprint density at radius 2 is 1.68 bits per heavy atom. The fourth-order valence-electron chi connectivity index (χ4n) is 4.04. The molecule has 2 aromatic rings. The maximum Gasteiger partial charge on any atom is 0.140 e.